The van der Waals surface area contributed by atoms with Gasteiger partial charge in [0, 0.05) is 12.8 Å². The summed E-state index contributed by atoms with van der Waals surface area (Å²) in [5.74, 6) is -0.0616. The first-order valence-corrected chi connectivity index (χ1v) is 22.9. The predicted molar refractivity (Wildman–Crippen MR) is 223 cm³/mol. The van der Waals surface area contributed by atoms with Crippen LogP contribution in [-0.2, 0) is 14.3 Å². The summed E-state index contributed by atoms with van der Waals surface area (Å²) >= 11 is 0. The molecule has 0 spiro atoms. The van der Waals surface area contributed by atoms with Crippen LogP contribution >= 0.6 is 0 Å². The Bertz CT molecular complexity index is 772. The summed E-state index contributed by atoms with van der Waals surface area (Å²) < 4.78 is 5.44. The van der Waals surface area contributed by atoms with Crippen molar-refractivity contribution in [3.05, 3.63) is 12.2 Å². The number of esters is 1. The van der Waals surface area contributed by atoms with Crippen molar-refractivity contribution in [3.63, 3.8) is 0 Å². The number of hydrogen-bond donors (Lipinski definition) is 3. The van der Waals surface area contributed by atoms with E-state index < -0.39 is 12.1 Å². The number of carbonyl (C=O) groups is 2. The molecule has 0 heterocycles. The molecule has 0 radical (unpaired) electrons. The molecule has 0 bridgehead atoms. The van der Waals surface area contributed by atoms with Crippen molar-refractivity contribution in [1.29, 1.82) is 0 Å². The van der Waals surface area contributed by atoms with Crippen LogP contribution in [-0.4, -0.2) is 47.4 Å². The molecule has 52 heavy (non-hydrogen) atoms. The second kappa shape index (κ2) is 42.3. The third kappa shape index (κ3) is 38.3. The van der Waals surface area contributed by atoms with Crippen LogP contribution < -0.4 is 5.32 Å². The number of ether oxygens (including phenoxy) is 1. The van der Waals surface area contributed by atoms with Gasteiger partial charge in [0.2, 0.25) is 5.91 Å². The third-order valence-electron chi connectivity index (χ3n) is 10.6. The fourth-order valence-corrected chi connectivity index (χ4v) is 6.98. The van der Waals surface area contributed by atoms with Crippen molar-refractivity contribution in [3.8, 4) is 0 Å². The average molecular weight is 736 g/mol. The molecule has 0 aromatic rings. The van der Waals surface area contributed by atoms with E-state index in [0.717, 1.165) is 51.4 Å². The Labute approximate surface area is 323 Å². The van der Waals surface area contributed by atoms with Gasteiger partial charge in [-0.3, -0.25) is 9.59 Å². The van der Waals surface area contributed by atoms with Gasteiger partial charge >= 0.3 is 5.97 Å². The maximum absolute atomic E-state index is 12.4. The molecule has 0 aromatic carbocycles. The van der Waals surface area contributed by atoms with Gasteiger partial charge in [-0.05, 0) is 51.4 Å². The Morgan fingerprint density at radius 3 is 1.40 bits per heavy atom. The van der Waals surface area contributed by atoms with E-state index >= 15 is 0 Å². The Morgan fingerprint density at radius 1 is 0.519 bits per heavy atom. The van der Waals surface area contributed by atoms with Crippen molar-refractivity contribution in [2.75, 3.05) is 13.2 Å². The molecule has 6 nitrogen and oxygen atoms in total. The van der Waals surface area contributed by atoms with Crippen LogP contribution in [0.2, 0.25) is 0 Å². The van der Waals surface area contributed by atoms with E-state index in [4.69, 9.17) is 4.74 Å². The SMILES string of the molecule is CCCCC/C=C\CCCCCCCC(=O)OCCCCCCCCCCCCCCCCC(=O)NC(CO)C(O)CCCCCCCCCCC. The van der Waals surface area contributed by atoms with Crippen LogP contribution in [0, 0.1) is 0 Å². The number of rotatable bonds is 42. The molecule has 2 unspecified atom stereocenters. The largest absolute Gasteiger partial charge is 0.466 e. The van der Waals surface area contributed by atoms with Gasteiger partial charge in [-0.2, -0.15) is 0 Å². The number of aliphatic hydroxyl groups excluding tert-OH is 2. The van der Waals surface area contributed by atoms with Gasteiger partial charge in [-0.15, -0.1) is 0 Å². The van der Waals surface area contributed by atoms with Gasteiger partial charge in [0.15, 0.2) is 0 Å². The number of hydrogen-bond acceptors (Lipinski definition) is 5. The zero-order valence-electron chi connectivity index (χ0n) is 34.8. The van der Waals surface area contributed by atoms with Gasteiger partial charge in [-0.25, -0.2) is 0 Å². The van der Waals surface area contributed by atoms with Crippen LogP contribution in [0.4, 0.5) is 0 Å². The summed E-state index contributed by atoms with van der Waals surface area (Å²) in [4.78, 5) is 24.3. The average Bonchev–Trinajstić information content (AvgIpc) is 3.14. The number of aliphatic hydroxyl groups is 2. The minimum absolute atomic E-state index is 0.0129. The number of amides is 1. The highest BCUT2D eigenvalue weighted by Crippen LogP contribution is 2.15. The third-order valence-corrected chi connectivity index (χ3v) is 10.6. The maximum Gasteiger partial charge on any atom is 0.305 e. The van der Waals surface area contributed by atoms with Crippen LogP contribution in [0.3, 0.4) is 0 Å². The molecule has 0 rings (SSSR count). The van der Waals surface area contributed by atoms with Gasteiger partial charge in [0.1, 0.15) is 0 Å². The predicted octanol–water partition coefficient (Wildman–Crippen LogP) is 13.0. The van der Waals surface area contributed by atoms with Crippen molar-refractivity contribution >= 4 is 11.9 Å². The first-order valence-electron chi connectivity index (χ1n) is 22.9. The van der Waals surface area contributed by atoms with Crippen molar-refractivity contribution in [2.24, 2.45) is 0 Å². The topological polar surface area (TPSA) is 95.9 Å². The first-order chi connectivity index (χ1) is 25.5. The van der Waals surface area contributed by atoms with Gasteiger partial charge in [0.05, 0.1) is 25.4 Å². The lowest BCUT2D eigenvalue weighted by molar-refractivity contribution is -0.143. The molecule has 0 fully saturated rings. The molecule has 0 aliphatic heterocycles. The Kier molecular flexibility index (Phi) is 41.2. The minimum atomic E-state index is -0.668. The monoisotopic (exact) mass is 736 g/mol. The Morgan fingerprint density at radius 2 is 0.904 bits per heavy atom. The van der Waals surface area contributed by atoms with Crippen LogP contribution in [0.15, 0.2) is 12.2 Å². The molecule has 0 aliphatic rings. The molecule has 2 atom stereocenters. The van der Waals surface area contributed by atoms with E-state index in [-0.39, 0.29) is 18.5 Å². The molecule has 0 saturated heterocycles. The summed E-state index contributed by atoms with van der Waals surface area (Å²) in [5, 5.41) is 23.0. The van der Waals surface area contributed by atoms with E-state index in [9.17, 15) is 19.8 Å². The van der Waals surface area contributed by atoms with Crippen LogP contribution in [0.1, 0.15) is 245 Å². The van der Waals surface area contributed by atoms with Crippen LogP contribution in [0.25, 0.3) is 0 Å². The number of nitrogens with one attached hydrogen (secondary N) is 1. The lowest BCUT2D eigenvalue weighted by atomic mass is 10.0. The molecule has 1 amide bonds. The molecule has 0 aliphatic carbocycles. The molecule has 0 saturated carbocycles. The van der Waals surface area contributed by atoms with Gasteiger partial charge in [0.25, 0.3) is 0 Å². The van der Waals surface area contributed by atoms with Gasteiger partial charge in [-0.1, -0.05) is 193 Å². The van der Waals surface area contributed by atoms with E-state index in [2.05, 4.69) is 31.3 Å². The highest BCUT2D eigenvalue weighted by molar-refractivity contribution is 5.76. The Balaban J connectivity index is 3.43. The molecular formula is C46H89NO5. The number of carbonyl (C=O) groups excluding carboxylic acids is 2. The lowest BCUT2D eigenvalue weighted by Gasteiger charge is -2.22. The van der Waals surface area contributed by atoms with Crippen molar-refractivity contribution in [1.82, 2.24) is 5.32 Å². The second-order valence-electron chi connectivity index (χ2n) is 15.7. The highest BCUT2D eigenvalue weighted by atomic mass is 16.5. The molecule has 308 valence electrons. The van der Waals surface area contributed by atoms with E-state index in [1.165, 1.54) is 161 Å². The Hall–Kier alpha value is -1.40. The summed E-state index contributed by atoms with van der Waals surface area (Å²) in [6, 6.07) is -0.546. The normalized spacial score (nSPS) is 12.8. The zero-order chi connectivity index (χ0) is 38.0. The molecular weight excluding hydrogens is 647 g/mol. The quantitative estimate of drug-likeness (QED) is 0.0329. The lowest BCUT2D eigenvalue weighted by Crippen LogP contribution is -2.45. The number of unbranched alkanes of at least 4 members (excludes halogenated alkanes) is 29. The summed E-state index contributed by atoms with van der Waals surface area (Å²) in [6.45, 7) is 4.87. The van der Waals surface area contributed by atoms with Crippen molar-refractivity contribution in [2.45, 2.75) is 257 Å². The summed E-state index contributed by atoms with van der Waals surface area (Å²) in [6.07, 6.45) is 46.0. The molecule has 6 heteroatoms. The summed E-state index contributed by atoms with van der Waals surface area (Å²) in [7, 11) is 0. The van der Waals surface area contributed by atoms with E-state index in [1.54, 1.807) is 0 Å². The standard InChI is InChI=1S/C46H89NO5/c1-3-5-7-9-11-13-14-20-24-28-32-36-40-46(51)52-41-37-33-29-25-21-18-16-15-17-19-23-27-31-35-39-45(50)47-43(42-48)44(49)38-34-30-26-22-12-10-8-6-4-2/h11,13,43-44,48-49H,3-10,12,14-42H2,1-2H3,(H,47,50)/b13-11-. The van der Waals surface area contributed by atoms with Gasteiger partial charge < -0.3 is 20.3 Å². The molecule has 3 N–H and O–H groups in total. The van der Waals surface area contributed by atoms with E-state index in [0.29, 0.717) is 25.9 Å². The first kappa shape index (κ1) is 50.6. The second-order valence-corrected chi connectivity index (χ2v) is 15.7. The fraction of sp³-hybridized carbons (Fsp3) is 0.913. The van der Waals surface area contributed by atoms with Crippen LogP contribution in [0.5, 0.6) is 0 Å². The minimum Gasteiger partial charge on any atom is -0.466 e. The zero-order valence-corrected chi connectivity index (χ0v) is 34.8. The maximum atomic E-state index is 12.4. The fourth-order valence-electron chi connectivity index (χ4n) is 6.98. The summed E-state index contributed by atoms with van der Waals surface area (Å²) in [5.41, 5.74) is 0. The number of allylic oxidation sites excluding steroid dienone is 2. The van der Waals surface area contributed by atoms with Crippen molar-refractivity contribution < 1.29 is 24.5 Å². The smallest absolute Gasteiger partial charge is 0.305 e. The molecule has 0 aromatic heterocycles. The highest BCUT2D eigenvalue weighted by Gasteiger charge is 2.20. The van der Waals surface area contributed by atoms with E-state index in [1.807, 2.05) is 0 Å².